The van der Waals surface area contributed by atoms with Gasteiger partial charge in [-0.15, -0.1) is 0 Å². The van der Waals surface area contributed by atoms with Crippen molar-refractivity contribution in [3.8, 4) is 5.75 Å². The fourth-order valence-corrected chi connectivity index (χ4v) is 7.89. The first kappa shape index (κ1) is 41.9. The zero-order chi connectivity index (χ0) is 41.2. The van der Waals surface area contributed by atoms with E-state index in [1.165, 1.54) is 50.5 Å². The van der Waals surface area contributed by atoms with Gasteiger partial charge < -0.3 is 19.8 Å². The molecule has 1 heterocycles. The lowest BCUT2D eigenvalue weighted by atomic mass is 9.78. The van der Waals surface area contributed by atoms with Gasteiger partial charge in [0.25, 0.3) is 0 Å². The summed E-state index contributed by atoms with van der Waals surface area (Å²) >= 11 is 0. The summed E-state index contributed by atoms with van der Waals surface area (Å²) in [7, 11) is 0. The molecule has 0 amide bonds. The molecule has 0 aromatic heterocycles. The van der Waals surface area contributed by atoms with E-state index < -0.39 is 11.4 Å². The number of aliphatic hydroxyl groups excluding tert-OH is 1. The topological polar surface area (TPSA) is 90.1 Å². The molecule has 4 aromatic carbocycles. The zero-order valence-electron chi connectivity index (χ0n) is 34.9. The number of carboxylic acid groups (broad SMARTS) is 1. The van der Waals surface area contributed by atoms with Crippen LogP contribution < -0.4 is 9.64 Å². The number of unbranched alkanes of at least 4 members (excludes halogenated alkanes) is 8. The number of anilines is 3. The fraction of sp³-hybridized carbons (Fsp3) is 0.353. The Balaban J connectivity index is 1.21. The van der Waals surface area contributed by atoms with Crippen molar-refractivity contribution in [2.75, 3.05) is 18.1 Å². The fourth-order valence-electron chi connectivity index (χ4n) is 7.89. The van der Waals surface area contributed by atoms with Crippen molar-refractivity contribution in [2.45, 2.75) is 104 Å². The number of fused-ring (bicyclic) bond motifs is 1. The Bertz CT molecular complexity index is 2210. The molecule has 0 unspecified atom stereocenters. The summed E-state index contributed by atoms with van der Waals surface area (Å²) < 4.78 is 8.22. The van der Waals surface area contributed by atoms with Crippen molar-refractivity contribution < 1.29 is 29.1 Å². The predicted molar refractivity (Wildman–Crippen MR) is 237 cm³/mol. The monoisotopic (exact) mass is 779 g/mol. The first-order valence-corrected chi connectivity index (χ1v) is 21.1. The molecule has 0 saturated heterocycles. The third-order valence-corrected chi connectivity index (χ3v) is 11.4. The van der Waals surface area contributed by atoms with Gasteiger partial charge in [-0.3, -0.25) is 4.79 Å². The van der Waals surface area contributed by atoms with Crippen molar-refractivity contribution in [3.05, 3.63) is 142 Å². The molecule has 2 N–H and O–H groups in total. The molecule has 1 aliphatic carbocycles. The van der Waals surface area contributed by atoms with Gasteiger partial charge in [-0.2, -0.15) is 4.58 Å². The average Bonchev–Trinajstić information content (AvgIpc) is 3.43. The van der Waals surface area contributed by atoms with Crippen LogP contribution in [0.5, 0.6) is 5.75 Å². The summed E-state index contributed by atoms with van der Waals surface area (Å²) in [5.41, 5.74) is 8.08. The number of hydrogen-bond acceptors (Lipinski definition) is 5. The molecule has 2 aliphatic rings. The molecular formula is C51H59N2O5+. The maximum Gasteiger partial charge on any atom is 0.335 e. The smallest absolute Gasteiger partial charge is 0.335 e. The molecule has 302 valence electrons. The van der Waals surface area contributed by atoms with Crippen LogP contribution in [0.2, 0.25) is 0 Å². The lowest BCUT2D eigenvalue weighted by Crippen LogP contribution is -2.31. The molecular weight excluding hydrogens is 721 g/mol. The summed E-state index contributed by atoms with van der Waals surface area (Å²) in [5, 5.41) is 21.0. The lowest BCUT2D eigenvalue weighted by Gasteiger charge is -2.26. The van der Waals surface area contributed by atoms with E-state index in [1.54, 1.807) is 18.2 Å². The Morgan fingerprint density at radius 2 is 1.34 bits per heavy atom. The number of carbonyl (C=O) groups is 2. The molecule has 0 fully saturated rings. The summed E-state index contributed by atoms with van der Waals surface area (Å²) in [5.74, 6) is -0.349. The predicted octanol–water partition coefficient (Wildman–Crippen LogP) is 12.9. The summed E-state index contributed by atoms with van der Waals surface area (Å²) in [6.45, 7) is 12.1. The second-order valence-electron chi connectivity index (χ2n) is 16.1. The number of carboxylic acids is 1. The van der Waals surface area contributed by atoms with Crippen molar-refractivity contribution >= 4 is 46.3 Å². The third-order valence-electron chi connectivity index (χ3n) is 11.4. The van der Waals surface area contributed by atoms with Crippen LogP contribution in [0.1, 0.15) is 119 Å². The number of ether oxygens (including phenoxy) is 1. The van der Waals surface area contributed by atoms with Gasteiger partial charge in [0.15, 0.2) is 5.71 Å². The Morgan fingerprint density at radius 1 is 0.759 bits per heavy atom. The number of benzene rings is 4. The van der Waals surface area contributed by atoms with Crippen molar-refractivity contribution in [3.63, 3.8) is 0 Å². The SMILES string of the molecule is CCCCCCCC[N+]1=C(/C=C2/C(=O)C(/C=C/c3ccc(N(c4ccc(C)cc4)c4ccc(OCCCCCC)cc4)cc3)=C2O)C(C)(C)c2cc(C(=O)O)ccc21. The molecule has 6 rings (SSSR count). The van der Waals surface area contributed by atoms with E-state index >= 15 is 0 Å². The van der Waals surface area contributed by atoms with Crippen LogP contribution in [-0.2, 0) is 10.2 Å². The molecule has 0 radical (unpaired) electrons. The number of Topliss-reactive ketones (excluding diaryl/α,β-unsaturated/α-hetero) is 1. The van der Waals surface area contributed by atoms with Gasteiger partial charge in [-0.05, 0) is 106 Å². The van der Waals surface area contributed by atoms with Crippen LogP contribution in [-0.4, -0.2) is 45.4 Å². The first-order valence-electron chi connectivity index (χ1n) is 21.1. The summed E-state index contributed by atoms with van der Waals surface area (Å²) in [6.07, 6.45) is 16.9. The molecule has 0 atom stereocenters. The Labute approximate surface area is 344 Å². The van der Waals surface area contributed by atoms with Crippen LogP contribution >= 0.6 is 0 Å². The van der Waals surface area contributed by atoms with E-state index in [-0.39, 0.29) is 28.3 Å². The van der Waals surface area contributed by atoms with Crippen molar-refractivity contribution in [2.24, 2.45) is 0 Å². The number of aromatic carboxylic acids is 1. The Kier molecular flexibility index (Phi) is 13.9. The molecule has 58 heavy (non-hydrogen) atoms. The van der Waals surface area contributed by atoms with Crippen molar-refractivity contribution in [1.82, 2.24) is 0 Å². The number of aryl methyl sites for hydroxylation is 1. The number of allylic oxidation sites excluding steroid dienone is 4. The van der Waals surface area contributed by atoms with Gasteiger partial charge in [-0.25, -0.2) is 4.79 Å². The number of carbonyl (C=O) groups excluding carboxylic acids is 1. The second-order valence-corrected chi connectivity index (χ2v) is 16.1. The van der Waals surface area contributed by atoms with Crippen LogP contribution in [0.15, 0.2) is 120 Å². The highest BCUT2D eigenvalue weighted by atomic mass is 16.5. The van der Waals surface area contributed by atoms with Gasteiger partial charge in [0.1, 0.15) is 18.1 Å². The third kappa shape index (κ3) is 9.53. The van der Waals surface area contributed by atoms with Crippen molar-refractivity contribution in [1.29, 1.82) is 0 Å². The van der Waals surface area contributed by atoms with Gasteiger partial charge in [0, 0.05) is 41.2 Å². The quantitative estimate of drug-likeness (QED) is 0.0527. The zero-order valence-corrected chi connectivity index (χ0v) is 34.9. The normalized spacial score (nSPS) is 15.3. The number of aliphatic hydroxyl groups is 1. The second kappa shape index (κ2) is 19.2. The lowest BCUT2D eigenvalue weighted by molar-refractivity contribution is -0.438. The number of hydrogen-bond donors (Lipinski definition) is 2. The number of ketones is 1. The van der Waals surface area contributed by atoms with E-state index in [9.17, 15) is 19.8 Å². The minimum absolute atomic E-state index is 0.0261. The van der Waals surface area contributed by atoms with Crippen LogP contribution in [0, 0.1) is 6.92 Å². The molecule has 0 saturated carbocycles. The average molecular weight is 780 g/mol. The maximum absolute atomic E-state index is 13.6. The summed E-state index contributed by atoms with van der Waals surface area (Å²) in [6, 6.07) is 30.1. The van der Waals surface area contributed by atoms with E-state index in [0.29, 0.717) is 0 Å². The van der Waals surface area contributed by atoms with Gasteiger partial charge in [0.05, 0.1) is 28.7 Å². The standard InChI is InChI=1S/C51H58N2O5/c1-6-8-10-12-13-14-32-52-46-31-21-38(50(56)57)34-45(46)51(4,5)47(52)35-44-48(54)43(49(44)55)30-20-37-18-24-40(25-19-37)53(39-22-16-36(3)17-23-39)41-26-28-42(29-27-41)58-33-15-11-9-7-2/h16-31,34-35H,6-15,32-33H2,1-5H3,(H-,54,55,56,57)/p+1. The van der Waals surface area contributed by atoms with Gasteiger partial charge in [0.2, 0.25) is 11.5 Å². The minimum atomic E-state index is -0.971. The van der Waals surface area contributed by atoms with Crippen LogP contribution in [0.3, 0.4) is 0 Å². The molecule has 7 nitrogen and oxygen atoms in total. The van der Waals surface area contributed by atoms with Gasteiger partial charge >= 0.3 is 5.97 Å². The highest BCUT2D eigenvalue weighted by molar-refractivity contribution is 6.24. The Morgan fingerprint density at radius 3 is 1.97 bits per heavy atom. The first-order chi connectivity index (χ1) is 28.0. The van der Waals surface area contributed by atoms with E-state index in [1.807, 2.05) is 42.5 Å². The molecule has 1 aliphatic heterocycles. The molecule has 4 aromatic rings. The Hall–Kier alpha value is -5.69. The van der Waals surface area contributed by atoms with E-state index in [2.05, 4.69) is 92.6 Å². The molecule has 0 spiro atoms. The summed E-state index contributed by atoms with van der Waals surface area (Å²) in [4.78, 5) is 27.7. The van der Waals surface area contributed by atoms with E-state index in [4.69, 9.17) is 4.74 Å². The van der Waals surface area contributed by atoms with Gasteiger partial charge in [-0.1, -0.05) is 94.7 Å². The van der Waals surface area contributed by atoms with Crippen LogP contribution in [0.25, 0.3) is 6.08 Å². The highest BCUT2D eigenvalue weighted by Crippen LogP contribution is 2.43. The largest absolute Gasteiger partial charge is 0.506 e. The number of nitrogens with zero attached hydrogens (tertiary/aromatic N) is 2. The molecule has 7 heteroatoms. The highest BCUT2D eigenvalue weighted by Gasteiger charge is 2.46. The van der Waals surface area contributed by atoms with Crippen LogP contribution in [0.4, 0.5) is 22.7 Å². The molecule has 0 bridgehead atoms. The minimum Gasteiger partial charge on any atom is -0.506 e. The maximum atomic E-state index is 13.6. The number of rotatable bonds is 20. The van der Waals surface area contributed by atoms with E-state index in [0.717, 1.165) is 77.8 Å².